The van der Waals surface area contributed by atoms with E-state index in [1.807, 2.05) is 0 Å². The van der Waals surface area contributed by atoms with E-state index in [1.165, 1.54) is 55.6 Å². The summed E-state index contributed by atoms with van der Waals surface area (Å²) >= 11 is 0. The fourth-order valence-corrected chi connectivity index (χ4v) is 3.80. The predicted molar refractivity (Wildman–Crippen MR) is 87.6 cm³/mol. The van der Waals surface area contributed by atoms with Crippen molar-refractivity contribution in [1.82, 2.24) is 9.88 Å². The third kappa shape index (κ3) is 3.22. The molecule has 3 rings (SSSR count). The zero-order chi connectivity index (χ0) is 14.8. The Morgan fingerprint density at radius 1 is 1.38 bits per heavy atom. The molecule has 1 saturated heterocycles. The van der Waals surface area contributed by atoms with Crippen LogP contribution in [0.15, 0.2) is 6.07 Å². The third-order valence-electron chi connectivity index (χ3n) is 4.96. The number of aromatic nitrogens is 1. The Kier molecular flexibility index (Phi) is 4.45. The van der Waals surface area contributed by atoms with Crippen LogP contribution in [0.5, 0.6) is 0 Å². The molecule has 0 saturated carbocycles. The number of nitrogens with zero attached hydrogens (tertiary/aromatic N) is 3. The molecule has 4 heteroatoms. The largest absolute Gasteiger partial charge is 0.359 e. The number of rotatable bonds is 4. The lowest BCUT2D eigenvalue weighted by molar-refractivity contribution is 0.395. The van der Waals surface area contributed by atoms with Gasteiger partial charge in [0.1, 0.15) is 5.82 Å². The highest BCUT2D eigenvalue weighted by Gasteiger charge is 2.23. The summed E-state index contributed by atoms with van der Waals surface area (Å²) in [5, 5.41) is 0. The van der Waals surface area contributed by atoms with Crippen molar-refractivity contribution in [1.29, 1.82) is 0 Å². The fourth-order valence-electron chi connectivity index (χ4n) is 3.80. The van der Waals surface area contributed by atoms with Gasteiger partial charge in [0.25, 0.3) is 0 Å². The summed E-state index contributed by atoms with van der Waals surface area (Å²) in [6.07, 6.45) is 6.17. The van der Waals surface area contributed by atoms with Crippen LogP contribution in [0.3, 0.4) is 0 Å². The smallest absolute Gasteiger partial charge is 0.133 e. The van der Waals surface area contributed by atoms with E-state index in [-0.39, 0.29) is 0 Å². The Bertz CT molecular complexity index is 500. The van der Waals surface area contributed by atoms with Gasteiger partial charge in [-0.3, -0.25) is 0 Å². The van der Waals surface area contributed by atoms with Gasteiger partial charge in [-0.05, 0) is 63.2 Å². The quantitative estimate of drug-likeness (QED) is 0.918. The molecule has 1 atom stereocenters. The standard InChI is InChI=1S/C17H28N4/c1-20-8-7-13(11-20)12-21(2)17-15(10-18)9-14-5-3-4-6-16(14)19-17/h9,13H,3-8,10-12,18H2,1-2H3. The normalized spacial score (nSPS) is 22.3. The van der Waals surface area contributed by atoms with E-state index in [4.69, 9.17) is 10.7 Å². The Balaban J connectivity index is 1.79. The fraction of sp³-hybridized carbons (Fsp3) is 0.706. The molecule has 0 aromatic carbocycles. The Morgan fingerprint density at radius 2 is 2.19 bits per heavy atom. The summed E-state index contributed by atoms with van der Waals surface area (Å²) < 4.78 is 0. The van der Waals surface area contributed by atoms with Gasteiger partial charge in [-0.25, -0.2) is 4.98 Å². The van der Waals surface area contributed by atoms with Crippen molar-refractivity contribution in [2.24, 2.45) is 11.7 Å². The summed E-state index contributed by atoms with van der Waals surface area (Å²) in [4.78, 5) is 9.73. The van der Waals surface area contributed by atoms with Gasteiger partial charge in [0.15, 0.2) is 0 Å². The summed E-state index contributed by atoms with van der Waals surface area (Å²) in [5.74, 6) is 1.87. The number of fused-ring (bicyclic) bond motifs is 1. The van der Waals surface area contributed by atoms with Crippen LogP contribution < -0.4 is 10.6 Å². The van der Waals surface area contributed by atoms with Gasteiger partial charge in [0, 0.05) is 37.9 Å². The topological polar surface area (TPSA) is 45.4 Å². The van der Waals surface area contributed by atoms with E-state index in [0.717, 1.165) is 24.7 Å². The number of aryl methyl sites for hydroxylation is 2. The molecule has 2 heterocycles. The molecular formula is C17H28N4. The van der Waals surface area contributed by atoms with Gasteiger partial charge >= 0.3 is 0 Å². The van der Waals surface area contributed by atoms with Crippen molar-refractivity contribution in [3.05, 3.63) is 22.9 Å². The second-order valence-electron chi connectivity index (χ2n) is 6.79. The molecule has 0 amide bonds. The summed E-state index contributed by atoms with van der Waals surface area (Å²) in [7, 11) is 4.39. The number of hydrogen-bond acceptors (Lipinski definition) is 4. The molecule has 21 heavy (non-hydrogen) atoms. The van der Waals surface area contributed by atoms with Crippen LogP contribution in [-0.2, 0) is 19.4 Å². The molecule has 4 nitrogen and oxygen atoms in total. The van der Waals surface area contributed by atoms with E-state index < -0.39 is 0 Å². The predicted octanol–water partition coefficient (Wildman–Crippen LogP) is 1.81. The summed E-state index contributed by atoms with van der Waals surface area (Å²) in [6, 6.07) is 2.31. The number of anilines is 1. The molecule has 1 aromatic rings. The minimum atomic E-state index is 0.588. The van der Waals surface area contributed by atoms with Crippen molar-refractivity contribution >= 4 is 5.82 Å². The second kappa shape index (κ2) is 6.32. The average Bonchev–Trinajstić information content (AvgIpc) is 2.90. The van der Waals surface area contributed by atoms with Crippen LogP contribution in [-0.4, -0.2) is 43.6 Å². The average molecular weight is 288 g/mol. The maximum atomic E-state index is 5.98. The lowest BCUT2D eigenvalue weighted by atomic mass is 9.94. The first-order chi connectivity index (χ1) is 10.2. The van der Waals surface area contributed by atoms with Crippen LogP contribution in [0.1, 0.15) is 36.1 Å². The highest BCUT2D eigenvalue weighted by atomic mass is 15.2. The van der Waals surface area contributed by atoms with Crippen LogP contribution in [0.25, 0.3) is 0 Å². The van der Waals surface area contributed by atoms with Gasteiger partial charge in [0.05, 0.1) is 0 Å². The van der Waals surface area contributed by atoms with Gasteiger partial charge in [-0.1, -0.05) is 0 Å². The Hall–Kier alpha value is -1.13. The molecule has 1 fully saturated rings. The summed E-state index contributed by atoms with van der Waals surface area (Å²) in [5.41, 5.74) is 9.93. The van der Waals surface area contributed by atoms with E-state index >= 15 is 0 Å². The number of hydrogen-bond donors (Lipinski definition) is 1. The first-order valence-corrected chi connectivity index (χ1v) is 8.28. The minimum Gasteiger partial charge on any atom is -0.359 e. The van der Waals surface area contributed by atoms with Gasteiger partial charge < -0.3 is 15.5 Å². The lowest BCUT2D eigenvalue weighted by Gasteiger charge is -2.26. The van der Waals surface area contributed by atoms with Crippen LogP contribution in [0.4, 0.5) is 5.82 Å². The third-order valence-corrected chi connectivity index (χ3v) is 4.96. The highest BCUT2D eigenvalue weighted by molar-refractivity contribution is 5.50. The van der Waals surface area contributed by atoms with Crippen LogP contribution in [0.2, 0.25) is 0 Å². The Labute approximate surface area is 128 Å². The van der Waals surface area contributed by atoms with E-state index in [1.54, 1.807) is 0 Å². The van der Waals surface area contributed by atoms with Crippen LogP contribution >= 0.6 is 0 Å². The first-order valence-electron chi connectivity index (χ1n) is 8.28. The van der Waals surface area contributed by atoms with E-state index in [2.05, 4.69) is 30.0 Å². The van der Waals surface area contributed by atoms with Crippen molar-refractivity contribution in [2.45, 2.75) is 38.6 Å². The molecule has 2 aliphatic rings. The lowest BCUT2D eigenvalue weighted by Crippen LogP contribution is -2.29. The summed E-state index contributed by atoms with van der Waals surface area (Å²) in [6.45, 7) is 4.10. The molecule has 1 aliphatic carbocycles. The van der Waals surface area contributed by atoms with Gasteiger partial charge in [-0.15, -0.1) is 0 Å². The van der Waals surface area contributed by atoms with E-state index in [0.29, 0.717) is 6.54 Å². The van der Waals surface area contributed by atoms with Crippen LogP contribution in [0, 0.1) is 5.92 Å². The molecule has 116 valence electrons. The monoisotopic (exact) mass is 288 g/mol. The first kappa shape index (κ1) is 14.8. The van der Waals surface area contributed by atoms with Crippen molar-refractivity contribution in [3.8, 4) is 0 Å². The number of pyridine rings is 1. The molecule has 0 bridgehead atoms. The molecule has 1 unspecified atom stereocenters. The molecule has 0 spiro atoms. The number of nitrogens with two attached hydrogens (primary N) is 1. The molecule has 1 aliphatic heterocycles. The maximum Gasteiger partial charge on any atom is 0.133 e. The van der Waals surface area contributed by atoms with Crippen molar-refractivity contribution in [3.63, 3.8) is 0 Å². The highest BCUT2D eigenvalue weighted by Crippen LogP contribution is 2.27. The van der Waals surface area contributed by atoms with Gasteiger partial charge in [-0.2, -0.15) is 0 Å². The zero-order valence-corrected chi connectivity index (χ0v) is 13.4. The minimum absolute atomic E-state index is 0.588. The second-order valence-corrected chi connectivity index (χ2v) is 6.79. The molecule has 1 aromatic heterocycles. The Morgan fingerprint density at radius 3 is 2.90 bits per heavy atom. The van der Waals surface area contributed by atoms with E-state index in [9.17, 15) is 0 Å². The van der Waals surface area contributed by atoms with Gasteiger partial charge in [0.2, 0.25) is 0 Å². The SMILES string of the molecule is CN1CCC(CN(C)c2nc3c(cc2CN)CCCC3)C1. The zero-order valence-electron chi connectivity index (χ0n) is 13.4. The molecule has 2 N–H and O–H groups in total. The van der Waals surface area contributed by atoms with Crippen molar-refractivity contribution in [2.75, 3.05) is 38.6 Å². The molecular weight excluding hydrogens is 260 g/mol. The number of likely N-dealkylation sites (tertiary alicyclic amines) is 1. The van der Waals surface area contributed by atoms with Crippen molar-refractivity contribution < 1.29 is 0 Å². The molecule has 0 radical (unpaired) electrons. The maximum absolute atomic E-state index is 5.98.